The summed E-state index contributed by atoms with van der Waals surface area (Å²) < 4.78 is 35.4. The van der Waals surface area contributed by atoms with Crippen LogP contribution in [0.15, 0.2) is 71.8 Å². The van der Waals surface area contributed by atoms with Crippen molar-refractivity contribution in [2.75, 3.05) is 7.11 Å². The Morgan fingerprint density at radius 1 is 1.06 bits per heavy atom. The number of benzene rings is 2. The van der Waals surface area contributed by atoms with Crippen LogP contribution in [0.4, 0.5) is 0 Å². The van der Waals surface area contributed by atoms with Gasteiger partial charge in [-0.2, -0.15) is 0 Å². The number of carbonyl (C=O) groups is 1. The van der Waals surface area contributed by atoms with Gasteiger partial charge < -0.3 is 10.1 Å². The van der Waals surface area contributed by atoms with Crippen molar-refractivity contribution in [3.63, 3.8) is 0 Å². The van der Waals surface area contributed by atoms with Gasteiger partial charge in [0.05, 0.1) is 13.7 Å². The number of sulfonamides is 1. The van der Waals surface area contributed by atoms with Crippen LogP contribution in [0.5, 0.6) is 5.75 Å². The quantitative estimate of drug-likeness (QED) is 0.396. The number of amides is 1. The average Bonchev–Trinajstić information content (AvgIpc) is 3.25. The Bertz CT molecular complexity index is 1400. The first-order valence-corrected chi connectivity index (χ1v) is 11.7. The van der Waals surface area contributed by atoms with Crippen molar-refractivity contribution >= 4 is 33.2 Å². The van der Waals surface area contributed by atoms with Gasteiger partial charge in [0.15, 0.2) is 11.5 Å². The molecule has 0 saturated carbocycles. The number of methoxy groups -OCH3 is 1. The third-order valence-corrected chi connectivity index (χ3v) is 6.56. The highest BCUT2D eigenvalue weighted by Crippen LogP contribution is 2.25. The van der Waals surface area contributed by atoms with Crippen molar-refractivity contribution in [3.05, 3.63) is 88.8 Å². The minimum atomic E-state index is -3.97. The smallest absolute Gasteiger partial charge is 0.251 e. The molecule has 2 N–H and O–H groups in total. The minimum absolute atomic E-state index is 0.0546. The van der Waals surface area contributed by atoms with E-state index in [4.69, 9.17) is 16.3 Å². The van der Waals surface area contributed by atoms with Crippen LogP contribution in [-0.2, 0) is 23.1 Å². The monoisotopic (exact) mass is 485 g/mol. The summed E-state index contributed by atoms with van der Waals surface area (Å²) in [5, 5.41) is 11.4. The molecule has 0 aliphatic rings. The van der Waals surface area contributed by atoms with Crippen LogP contribution in [0.1, 0.15) is 21.7 Å². The van der Waals surface area contributed by atoms with Crippen molar-refractivity contribution in [2.24, 2.45) is 0 Å². The Morgan fingerprint density at radius 3 is 2.61 bits per heavy atom. The number of halogens is 1. The standard InChI is InChI=1S/C22H20ClN5O4S/c1-32-18-10-7-16(22(29)24-14-21-27-26-20-4-2-3-11-28(20)21)12-19(18)33(30,31)25-13-15-5-8-17(23)9-6-15/h2-12,25H,13-14H2,1H3,(H,24,29). The second-order valence-corrected chi connectivity index (χ2v) is 9.22. The summed E-state index contributed by atoms with van der Waals surface area (Å²) in [6.07, 6.45) is 1.79. The van der Waals surface area contributed by atoms with Crippen molar-refractivity contribution < 1.29 is 17.9 Å². The molecule has 33 heavy (non-hydrogen) atoms. The second kappa shape index (κ2) is 9.57. The topological polar surface area (TPSA) is 115 Å². The van der Waals surface area contributed by atoms with Crippen LogP contribution >= 0.6 is 11.6 Å². The zero-order chi connectivity index (χ0) is 23.4. The van der Waals surface area contributed by atoms with Gasteiger partial charge in [0.2, 0.25) is 10.0 Å². The lowest BCUT2D eigenvalue weighted by Gasteiger charge is -2.13. The van der Waals surface area contributed by atoms with Crippen molar-refractivity contribution in [3.8, 4) is 5.75 Å². The molecule has 1 amide bonds. The Kier molecular flexibility index (Phi) is 6.59. The first kappa shape index (κ1) is 22.7. The summed E-state index contributed by atoms with van der Waals surface area (Å²) in [5.41, 5.74) is 1.55. The van der Waals surface area contributed by atoms with E-state index in [2.05, 4.69) is 20.2 Å². The van der Waals surface area contributed by atoms with Gasteiger partial charge in [0.25, 0.3) is 5.91 Å². The van der Waals surface area contributed by atoms with E-state index in [1.165, 1.54) is 25.3 Å². The molecular weight excluding hydrogens is 466 g/mol. The lowest BCUT2D eigenvalue weighted by molar-refractivity contribution is 0.0949. The number of aromatic nitrogens is 3. The van der Waals surface area contributed by atoms with E-state index in [9.17, 15) is 13.2 Å². The lowest BCUT2D eigenvalue weighted by atomic mass is 10.2. The van der Waals surface area contributed by atoms with E-state index in [0.717, 1.165) is 5.56 Å². The number of hydrogen-bond acceptors (Lipinski definition) is 6. The number of pyridine rings is 1. The molecule has 0 saturated heterocycles. The molecule has 0 unspecified atom stereocenters. The number of nitrogens with one attached hydrogen (secondary N) is 2. The lowest BCUT2D eigenvalue weighted by Crippen LogP contribution is -2.26. The van der Waals surface area contributed by atoms with E-state index in [-0.39, 0.29) is 29.3 Å². The Balaban J connectivity index is 1.51. The fraction of sp³-hybridized carbons (Fsp3) is 0.136. The van der Waals surface area contributed by atoms with E-state index in [0.29, 0.717) is 16.5 Å². The zero-order valence-electron chi connectivity index (χ0n) is 17.5. The van der Waals surface area contributed by atoms with Crippen LogP contribution in [0.2, 0.25) is 5.02 Å². The molecule has 9 nitrogen and oxygen atoms in total. The van der Waals surface area contributed by atoms with E-state index < -0.39 is 15.9 Å². The van der Waals surface area contributed by atoms with Crippen molar-refractivity contribution in [1.29, 1.82) is 0 Å². The molecule has 0 fully saturated rings. The van der Waals surface area contributed by atoms with Crippen LogP contribution in [0.25, 0.3) is 5.65 Å². The first-order valence-electron chi connectivity index (χ1n) is 9.86. The molecule has 2 heterocycles. The third-order valence-electron chi connectivity index (χ3n) is 4.89. The van der Waals surface area contributed by atoms with Crippen molar-refractivity contribution in [2.45, 2.75) is 18.0 Å². The van der Waals surface area contributed by atoms with Gasteiger partial charge in [-0.1, -0.05) is 29.8 Å². The maximum atomic E-state index is 12.9. The van der Waals surface area contributed by atoms with E-state index >= 15 is 0 Å². The Labute approximate surface area is 195 Å². The normalized spacial score (nSPS) is 11.5. The van der Waals surface area contributed by atoms with Gasteiger partial charge in [0.1, 0.15) is 10.6 Å². The molecule has 2 aromatic heterocycles. The van der Waals surface area contributed by atoms with Gasteiger partial charge in [-0.25, -0.2) is 13.1 Å². The van der Waals surface area contributed by atoms with Crippen LogP contribution in [0, 0.1) is 0 Å². The maximum Gasteiger partial charge on any atom is 0.251 e. The molecule has 0 bridgehead atoms. The Morgan fingerprint density at radius 2 is 1.85 bits per heavy atom. The third kappa shape index (κ3) is 5.14. The highest BCUT2D eigenvalue weighted by Gasteiger charge is 2.22. The molecule has 0 atom stereocenters. The first-order chi connectivity index (χ1) is 15.9. The Hall–Kier alpha value is -3.47. The number of fused-ring (bicyclic) bond motifs is 1. The molecular formula is C22H20ClN5O4S. The second-order valence-electron chi connectivity index (χ2n) is 7.04. The molecule has 0 aliphatic carbocycles. The van der Waals surface area contributed by atoms with Gasteiger partial charge in [-0.15, -0.1) is 10.2 Å². The number of rotatable bonds is 8. The number of nitrogens with zero attached hydrogens (tertiary/aromatic N) is 3. The molecule has 4 aromatic rings. The van der Waals surface area contributed by atoms with E-state index in [1.54, 1.807) is 40.9 Å². The summed E-state index contributed by atoms with van der Waals surface area (Å²) in [5.74, 6) is 0.211. The number of ether oxygens (including phenoxy) is 1. The molecule has 0 radical (unpaired) electrons. The molecule has 170 valence electrons. The van der Waals surface area contributed by atoms with Crippen LogP contribution in [-0.4, -0.2) is 36.0 Å². The predicted octanol–water partition coefficient (Wildman–Crippen LogP) is 2.80. The fourth-order valence-electron chi connectivity index (χ4n) is 3.16. The summed E-state index contributed by atoms with van der Waals surface area (Å²) in [7, 11) is -2.60. The van der Waals surface area contributed by atoms with Gasteiger partial charge in [0, 0.05) is 23.3 Å². The SMILES string of the molecule is COc1ccc(C(=O)NCc2nnc3ccccn23)cc1S(=O)(=O)NCc1ccc(Cl)cc1. The van der Waals surface area contributed by atoms with Gasteiger partial charge in [-0.3, -0.25) is 9.20 Å². The predicted molar refractivity (Wildman–Crippen MR) is 123 cm³/mol. The number of carbonyl (C=O) groups excluding carboxylic acids is 1. The zero-order valence-corrected chi connectivity index (χ0v) is 19.1. The van der Waals surface area contributed by atoms with Crippen LogP contribution in [0.3, 0.4) is 0 Å². The van der Waals surface area contributed by atoms with Gasteiger partial charge >= 0.3 is 0 Å². The highest BCUT2D eigenvalue weighted by molar-refractivity contribution is 7.89. The maximum absolute atomic E-state index is 12.9. The average molecular weight is 486 g/mol. The van der Waals surface area contributed by atoms with Crippen LogP contribution < -0.4 is 14.8 Å². The van der Waals surface area contributed by atoms with Crippen molar-refractivity contribution in [1.82, 2.24) is 24.6 Å². The molecule has 4 rings (SSSR count). The molecule has 11 heteroatoms. The highest BCUT2D eigenvalue weighted by atomic mass is 35.5. The molecule has 0 aliphatic heterocycles. The van der Waals surface area contributed by atoms with Gasteiger partial charge in [-0.05, 0) is 48.0 Å². The summed E-state index contributed by atoms with van der Waals surface area (Å²) in [6.45, 7) is 0.173. The van der Waals surface area contributed by atoms with E-state index in [1.807, 2.05) is 12.1 Å². The molecule has 0 spiro atoms. The summed E-state index contributed by atoms with van der Waals surface area (Å²) in [6, 6.07) is 16.5. The minimum Gasteiger partial charge on any atom is -0.495 e. The summed E-state index contributed by atoms with van der Waals surface area (Å²) in [4.78, 5) is 12.6. The number of hydrogen-bond donors (Lipinski definition) is 2. The summed E-state index contributed by atoms with van der Waals surface area (Å²) >= 11 is 5.87. The fourth-order valence-corrected chi connectivity index (χ4v) is 4.50. The largest absolute Gasteiger partial charge is 0.495 e. The molecule has 2 aromatic carbocycles.